The normalized spacial score (nSPS) is 20.3. The number of nitrogens with zero attached hydrogens (tertiary/aromatic N) is 2. The molecule has 2 N–H and O–H groups in total. The number of rotatable bonds is 10. The molecule has 35 heavy (non-hydrogen) atoms. The molecule has 1 saturated carbocycles. The van der Waals surface area contributed by atoms with Gasteiger partial charge in [0.2, 0.25) is 0 Å². The highest BCUT2D eigenvalue weighted by Gasteiger charge is 2.41. The van der Waals surface area contributed by atoms with E-state index in [0.717, 1.165) is 29.7 Å². The summed E-state index contributed by atoms with van der Waals surface area (Å²) >= 11 is 1.72. The average Bonchev–Trinajstić information content (AvgIpc) is 3.32. The summed E-state index contributed by atoms with van der Waals surface area (Å²) in [5.74, 6) is 0.889. The molecule has 2 aliphatic rings. The third-order valence-electron chi connectivity index (χ3n) is 6.81. The number of nitrogens with one attached hydrogen (secondary N) is 2. The number of hydrogen-bond donors (Lipinski definition) is 2. The molecule has 0 radical (unpaired) electrons. The average molecular weight is 495 g/mol. The molecule has 184 valence electrons. The summed E-state index contributed by atoms with van der Waals surface area (Å²) in [5.41, 5.74) is 0.859. The van der Waals surface area contributed by atoms with Gasteiger partial charge in [0.15, 0.2) is 5.82 Å². The second kappa shape index (κ2) is 9.93. The van der Waals surface area contributed by atoms with Crippen molar-refractivity contribution in [3.63, 3.8) is 0 Å². The predicted octanol–water partition coefficient (Wildman–Crippen LogP) is 6.19. The topological polar surface area (TPSA) is 79.9 Å². The lowest BCUT2D eigenvalue weighted by Gasteiger charge is -2.37. The van der Waals surface area contributed by atoms with Crippen molar-refractivity contribution >= 4 is 28.4 Å². The molecule has 8 heteroatoms. The van der Waals surface area contributed by atoms with Crippen LogP contribution in [0.4, 0.5) is 4.39 Å². The van der Waals surface area contributed by atoms with Crippen LogP contribution >= 0.6 is 11.3 Å². The molecule has 1 aliphatic heterocycles. The zero-order valence-electron chi connectivity index (χ0n) is 20.2. The summed E-state index contributed by atoms with van der Waals surface area (Å²) in [6.07, 6.45) is 8.65. The fraction of sp³-hybridized carbons (Fsp3) is 0.444. The Kier molecular flexibility index (Phi) is 6.73. The van der Waals surface area contributed by atoms with Gasteiger partial charge in [0, 0.05) is 27.8 Å². The number of carbonyl (C=O) groups excluding carboxylic acids is 1. The van der Waals surface area contributed by atoms with E-state index in [1.807, 2.05) is 6.92 Å². The fourth-order valence-corrected chi connectivity index (χ4v) is 5.97. The third kappa shape index (κ3) is 5.03. The van der Waals surface area contributed by atoms with Crippen LogP contribution in [-0.4, -0.2) is 27.7 Å². The van der Waals surface area contributed by atoms with Crippen molar-refractivity contribution in [1.82, 2.24) is 20.5 Å². The van der Waals surface area contributed by atoms with Crippen LogP contribution in [0.25, 0.3) is 11.1 Å². The molecule has 1 atom stereocenters. The molecule has 3 heterocycles. The molecule has 0 saturated heterocycles. The number of unbranched alkanes of at least 4 members (excludes halogenated alkanes) is 3. The second-order valence-electron chi connectivity index (χ2n) is 9.68. The Morgan fingerprint density at radius 3 is 2.77 bits per heavy atom. The van der Waals surface area contributed by atoms with Gasteiger partial charge < -0.3 is 10.1 Å². The molecule has 5 rings (SSSR count). The van der Waals surface area contributed by atoms with Gasteiger partial charge in [0.25, 0.3) is 5.91 Å². The molecule has 0 unspecified atom stereocenters. The molecule has 1 aliphatic carbocycles. The maximum absolute atomic E-state index is 15.4. The van der Waals surface area contributed by atoms with E-state index < -0.39 is 5.54 Å². The van der Waals surface area contributed by atoms with E-state index in [1.54, 1.807) is 23.5 Å². The van der Waals surface area contributed by atoms with E-state index in [0.29, 0.717) is 41.7 Å². The minimum atomic E-state index is -0.913. The predicted molar refractivity (Wildman–Crippen MR) is 136 cm³/mol. The van der Waals surface area contributed by atoms with Crippen LogP contribution in [0.5, 0.6) is 5.75 Å². The first-order chi connectivity index (χ1) is 17.0. The van der Waals surface area contributed by atoms with Gasteiger partial charge in [-0.15, -0.1) is 11.3 Å². The summed E-state index contributed by atoms with van der Waals surface area (Å²) in [6.45, 7) is 4.61. The number of thiophene rings is 1. The summed E-state index contributed by atoms with van der Waals surface area (Å²) in [6, 6.07) is 9.19. The fourth-order valence-electron chi connectivity index (χ4n) is 4.74. The van der Waals surface area contributed by atoms with Crippen molar-refractivity contribution in [2.75, 3.05) is 6.61 Å². The van der Waals surface area contributed by atoms with Crippen LogP contribution in [0, 0.1) is 5.82 Å². The van der Waals surface area contributed by atoms with Crippen LogP contribution in [0.3, 0.4) is 0 Å². The zero-order valence-corrected chi connectivity index (χ0v) is 21.0. The van der Waals surface area contributed by atoms with Crippen molar-refractivity contribution in [3.8, 4) is 5.75 Å². The van der Waals surface area contributed by atoms with Crippen LogP contribution < -0.4 is 10.1 Å². The third-order valence-corrected chi connectivity index (χ3v) is 8.11. The monoisotopic (exact) mass is 494 g/mol. The minimum absolute atomic E-state index is 0.289. The van der Waals surface area contributed by atoms with Gasteiger partial charge in [-0.2, -0.15) is 5.10 Å². The van der Waals surface area contributed by atoms with Crippen molar-refractivity contribution < 1.29 is 13.9 Å². The number of halogens is 1. The first-order valence-corrected chi connectivity index (χ1v) is 13.2. The van der Waals surface area contributed by atoms with Crippen LogP contribution in [0.2, 0.25) is 0 Å². The minimum Gasteiger partial charge on any atom is -0.493 e. The number of ether oxygens (including phenoxy) is 1. The first-order valence-electron chi connectivity index (χ1n) is 12.4. The number of carbonyl (C=O) groups is 1. The van der Waals surface area contributed by atoms with Gasteiger partial charge in [-0.05, 0) is 55.9 Å². The molecular weight excluding hydrogens is 463 g/mol. The summed E-state index contributed by atoms with van der Waals surface area (Å²) in [4.78, 5) is 20.0. The van der Waals surface area contributed by atoms with Crippen LogP contribution in [-0.2, 0) is 10.3 Å². The molecule has 1 fully saturated rings. The van der Waals surface area contributed by atoms with Crippen molar-refractivity contribution in [3.05, 3.63) is 63.6 Å². The molecule has 2 aromatic heterocycles. The van der Waals surface area contributed by atoms with Gasteiger partial charge in [-0.1, -0.05) is 32.3 Å². The number of hydrogen-bond acceptors (Lipinski definition) is 5. The Balaban J connectivity index is 1.44. The maximum atomic E-state index is 15.4. The van der Waals surface area contributed by atoms with Gasteiger partial charge in [0.1, 0.15) is 17.9 Å². The largest absolute Gasteiger partial charge is 0.493 e. The second-order valence-corrected chi connectivity index (χ2v) is 10.8. The lowest BCUT2D eigenvalue weighted by atomic mass is 9.79. The van der Waals surface area contributed by atoms with E-state index in [1.165, 1.54) is 36.5 Å². The molecule has 0 spiro atoms. The van der Waals surface area contributed by atoms with E-state index >= 15 is 4.39 Å². The van der Waals surface area contributed by atoms with Crippen LogP contribution in [0.1, 0.15) is 85.9 Å². The van der Waals surface area contributed by atoms with Gasteiger partial charge in [-0.3, -0.25) is 9.89 Å². The van der Waals surface area contributed by atoms with Crippen molar-refractivity contribution in [2.24, 2.45) is 0 Å². The van der Waals surface area contributed by atoms with Gasteiger partial charge in [0.05, 0.1) is 17.7 Å². The quantitative estimate of drug-likeness (QED) is 0.330. The summed E-state index contributed by atoms with van der Waals surface area (Å²) in [5, 5.41) is 9.83. The zero-order chi connectivity index (χ0) is 24.4. The number of amides is 1. The molecule has 1 amide bonds. The number of benzene rings is 1. The Morgan fingerprint density at radius 1 is 1.20 bits per heavy atom. The highest BCUT2D eigenvalue weighted by atomic mass is 32.1. The highest BCUT2D eigenvalue weighted by Crippen LogP contribution is 2.48. The lowest BCUT2D eigenvalue weighted by Crippen LogP contribution is -2.47. The standard InChI is InChI=1S/C27H31FN4O2S/c1-3-4-5-6-13-34-18-9-10-20(21(28)14-18)27(2)15-19(23-12-11-22(35-23)17-7-8-17)24(26(33)31-27)25-29-16-30-32-25/h9-12,14,16-17H,3-8,13,15H2,1-2H3,(H,31,33)(H,29,30,32)/t27-/m0/s1. The SMILES string of the molecule is CCCCCCOc1ccc([C@]2(C)CC(c3ccc(C4CC4)s3)=C(c3ncn[nH]3)C(=O)N2)c(F)c1. The van der Waals surface area contributed by atoms with Crippen LogP contribution in [0.15, 0.2) is 36.7 Å². The Morgan fingerprint density at radius 2 is 2.06 bits per heavy atom. The molecule has 0 bridgehead atoms. The lowest BCUT2D eigenvalue weighted by molar-refractivity contribution is -0.117. The number of H-pyrrole nitrogens is 1. The highest BCUT2D eigenvalue weighted by molar-refractivity contribution is 7.13. The Bertz CT molecular complexity index is 1230. The summed E-state index contributed by atoms with van der Waals surface area (Å²) < 4.78 is 21.1. The Labute approximate surface area is 209 Å². The van der Waals surface area contributed by atoms with E-state index in [2.05, 4.69) is 39.6 Å². The van der Waals surface area contributed by atoms with Crippen molar-refractivity contribution in [2.45, 2.75) is 70.3 Å². The van der Waals surface area contributed by atoms with Crippen molar-refractivity contribution in [1.29, 1.82) is 0 Å². The molecule has 6 nitrogen and oxygen atoms in total. The van der Waals surface area contributed by atoms with E-state index in [9.17, 15) is 4.79 Å². The smallest absolute Gasteiger partial charge is 0.256 e. The van der Waals surface area contributed by atoms with Gasteiger partial charge >= 0.3 is 0 Å². The molecule has 3 aromatic rings. The van der Waals surface area contributed by atoms with E-state index in [4.69, 9.17) is 4.74 Å². The Hall–Kier alpha value is -3.00. The van der Waals surface area contributed by atoms with Gasteiger partial charge in [-0.25, -0.2) is 9.37 Å². The van der Waals surface area contributed by atoms with E-state index in [-0.39, 0.29) is 11.7 Å². The first kappa shape index (κ1) is 23.7. The maximum Gasteiger partial charge on any atom is 0.256 e. The number of aromatic amines is 1. The molecular formula is C27H31FN4O2S. The summed E-state index contributed by atoms with van der Waals surface area (Å²) in [7, 11) is 0. The number of aromatic nitrogens is 3. The molecule has 1 aromatic carbocycles.